The van der Waals surface area contributed by atoms with Crippen LogP contribution < -0.4 is 0 Å². The molecular weight excluding hydrogens is 250 g/mol. The van der Waals surface area contributed by atoms with Crippen LogP contribution >= 0.6 is 11.6 Å². The highest BCUT2D eigenvalue weighted by molar-refractivity contribution is 6.31. The van der Waals surface area contributed by atoms with Crippen LogP contribution in [0.5, 0.6) is 0 Å². The molecule has 18 heavy (non-hydrogen) atoms. The summed E-state index contributed by atoms with van der Waals surface area (Å²) in [5.41, 5.74) is 0.680. The van der Waals surface area contributed by atoms with Gasteiger partial charge in [0.15, 0.2) is 5.78 Å². The molecule has 0 saturated carbocycles. The monoisotopic (exact) mass is 267 g/mol. The molecule has 4 heteroatoms. The topological polar surface area (TPSA) is 40.5 Å². The van der Waals surface area contributed by atoms with Crippen molar-refractivity contribution in [3.05, 3.63) is 34.9 Å². The van der Waals surface area contributed by atoms with E-state index in [9.17, 15) is 9.90 Å². The lowest BCUT2D eigenvalue weighted by Crippen LogP contribution is -2.37. The molecule has 0 bridgehead atoms. The Morgan fingerprint density at radius 3 is 2.78 bits per heavy atom. The van der Waals surface area contributed by atoms with E-state index in [2.05, 4.69) is 4.90 Å². The third kappa shape index (κ3) is 3.80. The van der Waals surface area contributed by atoms with Gasteiger partial charge in [-0.05, 0) is 25.0 Å². The van der Waals surface area contributed by atoms with Crippen LogP contribution in [0.4, 0.5) is 0 Å². The Hall–Kier alpha value is -0.900. The summed E-state index contributed by atoms with van der Waals surface area (Å²) >= 11 is 5.86. The minimum atomic E-state index is -0.162. The van der Waals surface area contributed by atoms with Crippen LogP contribution in [0.2, 0.25) is 5.02 Å². The summed E-state index contributed by atoms with van der Waals surface area (Å²) in [6.45, 7) is 2.52. The summed E-state index contributed by atoms with van der Waals surface area (Å²) in [7, 11) is 0. The highest BCUT2D eigenvalue weighted by atomic mass is 35.5. The third-order valence-corrected chi connectivity index (χ3v) is 3.59. The van der Waals surface area contributed by atoms with E-state index in [1.165, 1.54) is 0 Å². The van der Waals surface area contributed by atoms with Crippen molar-refractivity contribution in [2.24, 2.45) is 0 Å². The highest BCUT2D eigenvalue weighted by Crippen LogP contribution is 2.14. The Balaban J connectivity index is 1.81. The molecular formula is C14H18ClNO2. The second-order valence-corrected chi connectivity index (χ2v) is 5.19. The van der Waals surface area contributed by atoms with Crippen LogP contribution in [0, 0.1) is 0 Å². The number of aliphatic hydroxyl groups excluding tert-OH is 1. The van der Waals surface area contributed by atoms with Crippen molar-refractivity contribution < 1.29 is 9.90 Å². The molecule has 98 valence electrons. The van der Waals surface area contributed by atoms with Gasteiger partial charge in [-0.15, -0.1) is 0 Å². The number of benzene rings is 1. The van der Waals surface area contributed by atoms with Crippen molar-refractivity contribution in [3.8, 4) is 0 Å². The number of carbonyl (C=O) groups excluding carboxylic acids is 1. The van der Waals surface area contributed by atoms with Crippen LogP contribution in [-0.4, -0.2) is 41.5 Å². The number of hydrogen-bond acceptors (Lipinski definition) is 3. The summed E-state index contributed by atoms with van der Waals surface area (Å²) in [6.07, 6.45) is 1.97. The molecule has 0 atom stereocenters. The summed E-state index contributed by atoms with van der Waals surface area (Å²) in [5.74, 6) is 0.128. The maximum absolute atomic E-state index is 12.0. The Kier molecular flexibility index (Phi) is 4.75. The zero-order valence-electron chi connectivity index (χ0n) is 10.3. The van der Waals surface area contributed by atoms with Crippen LogP contribution in [0.1, 0.15) is 29.6 Å². The van der Waals surface area contributed by atoms with Gasteiger partial charge in [-0.3, -0.25) is 4.79 Å². The number of halogens is 1. The molecule has 1 heterocycles. The van der Waals surface area contributed by atoms with E-state index in [0.29, 0.717) is 17.0 Å². The summed E-state index contributed by atoms with van der Waals surface area (Å²) in [5, 5.41) is 10.0. The average molecular weight is 268 g/mol. The lowest BCUT2D eigenvalue weighted by molar-refractivity contribution is 0.0778. The van der Waals surface area contributed by atoms with Gasteiger partial charge in [0.1, 0.15) is 0 Å². The number of rotatable bonds is 4. The van der Waals surface area contributed by atoms with Gasteiger partial charge >= 0.3 is 0 Å². The summed E-state index contributed by atoms with van der Waals surface area (Å²) in [4.78, 5) is 14.2. The molecule has 0 aliphatic carbocycles. The zero-order valence-corrected chi connectivity index (χ0v) is 11.1. The Morgan fingerprint density at radius 2 is 2.11 bits per heavy atom. The van der Waals surface area contributed by atoms with E-state index in [0.717, 1.165) is 32.5 Å². The molecule has 1 aromatic rings. The number of carbonyl (C=O) groups is 1. The third-order valence-electron chi connectivity index (χ3n) is 3.36. The number of hydrogen-bond donors (Lipinski definition) is 1. The predicted molar refractivity (Wildman–Crippen MR) is 72.1 cm³/mol. The number of likely N-dealkylation sites (tertiary alicyclic amines) is 1. The number of piperidine rings is 1. The second kappa shape index (κ2) is 6.32. The molecule has 0 aromatic heterocycles. The first-order chi connectivity index (χ1) is 8.65. The van der Waals surface area contributed by atoms with Gasteiger partial charge in [-0.1, -0.05) is 23.7 Å². The normalized spacial score (nSPS) is 17.9. The van der Waals surface area contributed by atoms with Crippen molar-refractivity contribution in [3.63, 3.8) is 0 Å². The van der Waals surface area contributed by atoms with Crippen molar-refractivity contribution in [2.45, 2.75) is 25.4 Å². The molecule has 1 aromatic carbocycles. The molecule has 0 amide bonds. The number of Topliss-reactive ketones (excluding diaryl/α,β-unsaturated/α-hetero) is 1. The Labute approximate surface area is 112 Å². The van der Waals surface area contributed by atoms with E-state index in [1.807, 2.05) is 0 Å². The smallest absolute Gasteiger partial charge is 0.164 e. The first-order valence-corrected chi connectivity index (χ1v) is 6.72. The van der Waals surface area contributed by atoms with Gasteiger partial charge in [0, 0.05) is 36.6 Å². The second-order valence-electron chi connectivity index (χ2n) is 4.76. The minimum absolute atomic E-state index is 0.128. The van der Waals surface area contributed by atoms with Crippen molar-refractivity contribution in [1.29, 1.82) is 0 Å². The number of aliphatic hydroxyl groups is 1. The van der Waals surface area contributed by atoms with Crippen LogP contribution in [0.25, 0.3) is 0 Å². The zero-order chi connectivity index (χ0) is 13.0. The Bertz CT molecular complexity index is 414. The standard InChI is InChI=1S/C14H18ClNO2/c15-12-3-1-2-11(10-12)14(18)6-9-16-7-4-13(17)5-8-16/h1-3,10,13,17H,4-9H2. The van der Waals surface area contributed by atoms with Crippen LogP contribution in [0.3, 0.4) is 0 Å². The molecule has 0 unspecified atom stereocenters. The molecule has 1 aliphatic heterocycles. The fourth-order valence-electron chi connectivity index (χ4n) is 2.21. The molecule has 0 spiro atoms. The van der Waals surface area contributed by atoms with Crippen molar-refractivity contribution in [1.82, 2.24) is 4.90 Å². The molecule has 1 aliphatic rings. The molecule has 3 nitrogen and oxygen atoms in total. The molecule has 2 rings (SSSR count). The van der Waals surface area contributed by atoms with E-state index in [-0.39, 0.29) is 11.9 Å². The van der Waals surface area contributed by atoms with Crippen molar-refractivity contribution >= 4 is 17.4 Å². The van der Waals surface area contributed by atoms with Gasteiger partial charge in [-0.25, -0.2) is 0 Å². The molecule has 0 radical (unpaired) electrons. The van der Waals surface area contributed by atoms with E-state index >= 15 is 0 Å². The largest absolute Gasteiger partial charge is 0.393 e. The Morgan fingerprint density at radius 1 is 1.39 bits per heavy atom. The van der Waals surface area contributed by atoms with E-state index < -0.39 is 0 Å². The maximum atomic E-state index is 12.0. The van der Waals surface area contributed by atoms with Crippen LogP contribution in [0.15, 0.2) is 24.3 Å². The van der Waals surface area contributed by atoms with Gasteiger partial charge in [0.25, 0.3) is 0 Å². The molecule has 1 fully saturated rings. The van der Waals surface area contributed by atoms with Gasteiger partial charge < -0.3 is 10.0 Å². The quantitative estimate of drug-likeness (QED) is 0.852. The fourth-order valence-corrected chi connectivity index (χ4v) is 2.40. The number of ketones is 1. The van der Waals surface area contributed by atoms with E-state index in [4.69, 9.17) is 11.6 Å². The van der Waals surface area contributed by atoms with Crippen molar-refractivity contribution in [2.75, 3.05) is 19.6 Å². The fraction of sp³-hybridized carbons (Fsp3) is 0.500. The molecule has 1 saturated heterocycles. The van der Waals surface area contributed by atoms with Gasteiger partial charge in [-0.2, -0.15) is 0 Å². The average Bonchev–Trinajstić information content (AvgIpc) is 2.38. The van der Waals surface area contributed by atoms with Gasteiger partial charge in [0.2, 0.25) is 0 Å². The molecule has 1 N–H and O–H groups in total. The number of nitrogens with zero attached hydrogens (tertiary/aromatic N) is 1. The maximum Gasteiger partial charge on any atom is 0.164 e. The van der Waals surface area contributed by atoms with Gasteiger partial charge in [0.05, 0.1) is 6.10 Å². The van der Waals surface area contributed by atoms with Crippen LogP contribution in [-0.2, 0) is 0 Å². The lowest BCUT2D eigenvalue weighted by atomic mass is 10.1. The summed E-state index contributed by atoms with van der Waals surface area (Å²) < 4.78 is 0. The SMILES string of the molecule is O=C(CCN1CCC(O)CC1)c1cccc(Cl)c1. The first kappa shape index (κ1) is 13.5. The minimum Gasteiger partial charge on any atom is -0.393 e. The predicted octanol–water partition coefficient (Wildman–Crippen LogP) is 2.37. The lowest BCUT2D eigenvalue weighted by Gasteiger charge is -2.29. The van der Waals surface area contributed by atoms with E-state index in [1.54, 1.807) is 24.3 Å². The highest BCUT2D eigenvalue weighted by Gasteiger charge is 2.17. The summed E-state index contributed by atoms with van der Waals surface area (Å²) in [6, 6.07) is 7.08. The first-order valence-electron chi connectivity index (χ1n) is 6.34.